The minimum Gasteiger partial charge on any atom is -0.379 e. The van der Waals surface area contributed by atoms with Gasteiger partial charge in [0.15, 0.2) is 11.6 Å². The third-order valence-electron chi connectivity index (χ3n) is 7.48. The Kier molecular flexibility index (Phi) is 7.27. The first-order chi connectivity index (χ1) is 18.3. The van der Waals surface area contributed by atoms with Crippen LogP contribution in [0.25, 0.3) is 5.82 Å². The Hall–Kier alpha value is -3.62. The van der Waals surface area contributed by atoms with E-state index in [1.165, 1.54) is 23.1 Å². The molecule has 0 amide bonds. The topological polar surface area (TPSA) is 96.9 Å². The number of Topliss-reactive ketones (excluding diaryl/α,β-unsaturated/α-hetero) is 1. The minimum atomic E-state index is -4.48. The number of ketones is 1. The number of hydrogen-bond acceptors (Lipinski definition) is 7. The molecule has 2 aliphatic rings. The Morgan fingerprint density at radius 3 is 2.45 bits per heavy atom. The minimum absolute atomic E-state index is 0.0814. The molecule has 1 aliphatic carbocycles. The van der Waals surface area contributed by atoms with Crippen LogP contribution in [0.4, 0.5) is 13.2 Å². The fourth-order valence-corrected chi connectivity index (χ4v) is 5.21. The van der Waals surface area contributed by atoms with Crippen LogP contribution in [-0.2, 0) is 22.7 Å². The molecule has 0 unspecified atom stereocenters. The second-order valence-corrected chi connectivity index (χ2v) is 9.80. The standard InChI is InChI=1S/C27H27F3N6O2/c28-27(29,30)21-2-4-25(33-16-21)36-17-20(15-34-36)23(37)13-19-1-3-24(32-14-19)26(18-31)7-5-22(6-8-26)35-9-11-38-12-10-35/h1-4,14-17,22H,5-13H2. The van der Waals surface area contributed by atoms with Gasteiger partial charge in [-0.3, -0.25) is 14.7 Å². The zero-order chi connectivity index (χ0) is 26.8. The van der Waals surface area contributed by atoms with Crippen LogP contribution in [0.2, 0.25) is 0 Å². The quantitative estimate of drug-likeness (QED) is 0.447. The summed E-state index contributed by atoms with van der Waals surface area (Å²) in [5, 5.41) is 14.1. The van der Waals surface area contributed by atoms with Crippen molar-refractivity contribution in [1.29, 1.82) is 5.26 Å². The van der Waals surface area contributed by atoms with E-state index in [-0.39, 0.29) is 18.0 Å². The number of halogens is 3. The number of carbonyl (C=O) groups excluding carboxylic acids is 1. The molecule has 5 rings (SSSR count). The van der Waals surface area contributed by atoms with Crippen molar-refractivity contribution in [3.8, 4) is 11.9 Å². The molecule has 1 saturated carbocycles. The van der Waals surface area contributed by atoms with Crippen molar-refractivity contribution >= 4 is 5.78 Å². The number of aromatic nitrogens is 4. The van der Waals surface area contributed by atoms with Gasteiger partial charge in [-0.1, -0.05) is 6.07 Å². The molecular weight excluding hydrogens is 497 g/mol. The molecule has 0 N–H and O–H groups in total. The number of nitriles is 1. The zero-order valence-corrected chi connectivity index (χ0v) is 20.7. The number of nitrogens with zero attached hydrogens (tertiary/aromatic N) is 6. The maximum absolute atomic E-state index is 12.8. The summed E-state index contributed by atoms with van der Waals surface area (Å²) in [6.07, 6.45) is 4.14. The number of carbonyl (C=O) groups is 1. The maximum Gasteiger partial charge on any atom is 0.417 e. The van der Waals surface area contributed by atoms with E-state index in [0.717, 1.165) is 69.9 Å². The van der Waals surface area contributed by atoms with Gasteiger partial charge in [-0.25, -0.2) is 9.67 Å². The number of pyridine rings is 2. The first kappa shape index (κ1) is 26.0. The molecule has 3 aromatic rings. The lowest BCUT2D eigenvalue weighted by molar-refractivity contribution is -0.137. The van der Waals surface area contributed by atoms with Crippen LogP contribution >= 0.6 is 0 Å². The van der Waals surface area contributed by atoms with E-state index in [2.05, 4.69) is 26.0 Å². The Bertz CT molecular complexity index is 1300. The summed E-state index contributed by atoms with van der Waals surface area (Å²) in [5.41, 5.74) is 0.267. The van der Waals surface area contributed by atoms with Gasteiger partial charge < -0.3 is 4.74 Å². The van der Waals surface area contributed by atoms with Crippen molar-refractivity contribution in [1.82, 2.24) is 24.6 Å². The van der Waals surface area contributed by atoms with Crippen LogP contribution in [0.1, 0.15) is 52.9 Å². The largest absolute Gasteiger partial charge is 0.417 e. The number of ether oxygens (including phenoxy) is 1. The molecule has 0 atom stereocenters. The van der Waals surface area contributed by atoms with Crippen LogP contribution in [0.5, 0.6) is 0 Å². The van der Waals surface area contributed by atoms with Gasteiger partial charge in [0.25, 0.3) is 0 Å². The van der Waals surface area contributed by atoms with E-state index in [1.54, 1.807) is 6.20 Å². The third-order valence-corrected chi connectivity index (χ3v) is 7.48. The van der Waals surface area contributed by atoms with Crippen molar-refractivity contribution in [3.63, 3.8) is 0 Å². The van der Waals surface area contributed by atoms with Crippen LogP contribution in [-0.4, -0.2) is 62.8 Å². The molecule has 0 bridgehead atoms. The van der Waals surface area contributed by atoms with Crippen molar-refractivity contribution in [3.05, 3.63) is 71.4 Å². The number of morpholine rings is 1. The normalized spacial score (nSPS) is 22.6. The average molecular weight is 525 g/mol. The molecule has 4 heterocycles. The summed E-state index contributed by atoms with van der Waals surface area (Å²) >= 11 is 0. The fourth-order valence-electron chi connectivity index (χ4n) is 5.21. The molecule has 8 nitrogen and oxygen atoms in total. The van der Waals surface area contributed by atoms with Gasteiger partial charge in [0.2, 0.25) is 0 Å². The molecule has 3 aromatic heterocycles. The van der Waals surface area contributed by atoms with E-state index in [1.807, 2.05) is 12.1 Å². The molecule has 0 radical (unpaired) electrons. The van der Waals surface area contributed by atoms with Gasteiger partial charge in [0, 0.05) is 44.1 Å². The van der Waals surface area contributed by atoms with E-state index in [0.29, 0.717) is 17.2 Å². The van der Waals surface area contributed by atoms with E-state index in [9.17, 15) is 23.2 Å². The molecule has 0 aromatic carbocycles. The first-order valence-electron chi connectivity index (χ1n) is 12.6. The summed E-state index contributed by atoms with van der Waals surface area (Å²) in [6.45, 7) is 3.39. The first-order valence-corrected chi connectivity index (χ1v) is 12.6. The Morgan fingerprint density at radius 1 is 1.08 bits per heavy atom. The summed E-state index contributed by atoms with van der Waals surface area (Å²) in [6, 6.07) is 8.78. The van der Waals surface area contributed by atoms with Gasteiger partial charge in [-0.15, -0.1) is 0 Å². The van der Waals surface area contributed by atoms with Crippen molar-refractivity contribution in [2.75, 3.05) is 26.3 Å². The summed E-state index contributed by atoms with van der Waals surface area (Å²) in [5.74, 6) is -0.0352. The van der Waals surface area contributed by atoms with E-state index >= 15 is 0 Å². The smallest absolute Gasteiger partial charge is 0.379 e. The van der Waals surface area contributed by atoms with Gasteiger partial charge in [-0.05, 0) is 49.4 Å². The number of alkyl halides is 3. The summed E-state index contributed by atoms with van der Waals surface area (Å²) in [4.78, 5) is 23.7. The molecule has 11 heteroatoms. The highest BCUT2D eigenvalue weighted by atomic mass is 19.4. The molecule has 1 saturated heterocycles. The predicted octanol–water partition coefficient (Wildman–Crippen LogP) is 4.14. The van der Waals surface area contributed by atoms with Crippen LogP contribution in [0.3, 0.4) is 0 Å². The zero-order valence-electron chi connectivity index (χ0n) is 20.7. The average Bonchev–Trinajstić information content (AvgIpc) is 3.44. The van der Waals surface area contributed by atoms with Gasteiger partial charge in [-0.2, -0.15) is 23.5 Å². The molecular formula is C27H27F3N6O2. The molecule has 2 fully saturated rings. The van der Waals surface area contributed by atoms with Gasteiger partial charge in [0.1, 0.15) is 0 Å². The molecule has 0 spiro atoms. The van der Waals surface area contributed by atoms with Crippen LogP contribution < -0.4 is 0 Å². The Labute approximate surface area is 218 Å². The molecule has 198 valence electrons. The second-order valence-electron chi connectivity index (χ2n) is 9.80. The third kappa shape index (κ3) is 5.47. The van der Waals surface area contributed by atoms with Crippen molar-refractivity contribution < 1.29 is 22.7 Å². The Morgan fingerprint density at radius 2 is 1.84 bits per heavy atom. The SMILES string of the molecule is N#CC1(c2ccc(CC(=O)c3cnn(-c4ccc(C(F)(F)F)cn4)c3)cn2)CCC(N2CCOCC2)CC1. The maximum atomic E-state index is 12.8. The van der Waals surface area contributed by atoms with E-state index < -0.39 is 17.2 Å². The van der Waals surface area contributed by atoms with Crippen LogP contribution in [0.15, 0.2) is 49.1 Å². The van der Waals surface area contributed by atoms with Crippen LogP contribution in [0, 0.1) is 11.3 Å². The molecule has 1 aliphatic heterocycles. The lowest BCUT2D eigenvalue weighted by Gasteiger charge is -2.41. The van der Waals surface area contributed by atoms with E-state index in [4.69, 9.17) is 4.74 Å². The highest BCUT2D eigenvalue weighted by Gasteiger charge is 2.40. The highest BCUT2D eigenvalue weighted by molar-refractivity contribution is 5.97. The Balaban J connectivity index is 1.21. The van der Waals surface area contributed by atoms with Crippen molar-refractivity contribution in [2.45, 2.75) is 49.7 Å². The van der Waals surface area contributed by atoms with Crippen molar-refractivity contribution in [2.24, 2.45) is 0 Å². The second kappa shape index (κ2) is 10.6. The predicted molar refractivity (Wildman–Crippen MR) is 131 cm³/mol. The number of hydrogen-bond donors (Lipinski definition) is 0. The monoisotopic (exact) mass is 524 g/mol. The summed E-state index contributed by atoms with van der Waals surface area (Å²) < 4.78 is 45.0. The lowest BCUT2D eigenvalue weighted by atomic mass is 9.71. The summed E-state index contributed by atoms with van der Waals surface area (Å²) in [7, 11) is 0. The van der Waals surface area contributed by atoms with Gasteiger partial charge in [0.05, 0.1) is 47.7 Å². The highest BCUT2D eigenvalue weighted by Crippen LogP contribution is 2.39. The fraction of sp³-hybridized carbons (Fsp3) is 0.444. The lowest BCUT2D eigenvalue weighted by Crippen LogP contribution is -2.47. The number of rotatable bonds is 6. The van der Waals surface area contributed by atoms with Gasteiger partial charge >= 0.3 is 6.18 Å². The molecule has 38 heavy (non-hydrogen) atoms.